The Hall–Kier alpha value is -2.66. The van der Waals surface area contributed by atoms with Gasteiger partial charge in [0.1, 0.15) is 30.2 Å². The van der Waals surface area contributed by atoms with Gasteiger partial charge in [0.15, 0.2) is 0 Å². The van der Waals surface area contributed by atoms with Crippen LogP contribution in [0.25, 0.3) is 11.0 Å². The minimum Gasteiger partial charge on any atom is -0.444 e. The van der Waals surface area contributed by atoms with E-state index in [0.29, 0.717) is 12.3 Å². The second-order valence-electron chi connectivity index (χ2n) is 8.29. The quantitative estimate of drug-likeness (QED) is 0.535. The summed E-state index contributed by atoms with van der Waals surface area (Å²) in [5.74, 6) is 0.630. The van der Waals surface area contributed by atoms with Crippen LogP contribution in [-0.2, 0) is 25.9 Å². The summed E-state index contributed by atoms with van der Waals surface area (Å²) in [5, 5.41) is 1.07. The number of hydrogen-bond donors (Lipinski definition) is 1. The van der Waals surface area contributed by atoms with Gasteiger partial charge in [0.25, 0.3) is 0 Å². The molecule has 4 nitrogen and oxygen atoms in total. The van der Waals surface area contributed by atoms with Crippen molar-refractivity contribution < 1.29 is 18.4 Å². The molecule has 0 spiro atoms. The number of quaternary nitrogens is 1. The first-order chi connectivity index (χ1) is 14.1. The van der Waals surface area contributed by atoms with Crippen molar-refractivity contribution in [2.75, 3.05) is 6.73 Å². The normalized spacial score (nSPS) is 18.6. The summed E-state index contributed by atoms with van der Waals surface area (Å²) >= 11 is 0. The van der Waals surface area contributed by atoms with Gasteiger partial charge in [-0.3, -0.25) is 4.90 Å². The molecular weight excluding hydrogens is 369 g/mol. The van der Waals surface area contributed by atoms with Crippen molar-refractivity contribution in [1.82, 2.24) is 0 Å². The summed E-state index contributed by atoms with van der Waals surface area (Å²) < 4.78 is 25.1. The van der Waals surface area contributed by atoms with Crippen LogP contribution in [0.5, 0.6) is 5.75 Å². The Morgan fingerprint density at radius 2 is 1.83 bits per heavy atom. The van der Waals surface area contributed by atoms with Gasteiger partial charge in [-0.25, -0.2) is 9.18 Å². The summed E-state index contributed by atoms with van der Waals surface area (Å²) in [5.41, 5.74) is 5.69. The molecule has 1 unspecified atom stereocenters. The molecule has 5 rings (SSSR count). The van der Waals surface area contributed by atoms with Crippen molar-refractivity contribution in [3.05, 3.63) is 74.4 Å². The molecule has 0 saturated heterocycles. The molecule has 0 saturated carbocycles. The molecule has 1 N–H and O–H groups in total. The first kappa shape index (κ1) is 18.4. The zero-order valence-corrected chi connectivity index (χ0v) is 16.6. The number of ether oxygens (including phenoxy) is 1. The molecule has 1 aromatic heterocycles. The van der Waals surface area contributed by atoms with E-state index in [1.165, 1.54) is 22.6 Å². The van der Waals surface area contributed by atoms with Gasteiger partial charge in [-0.15, -0.1) is 0 Å². The lowest BCUT2D eigenvalue weighted by Gasteiger charge is -2.28. The molecule has 2 aromatic carbocycles. The predicted molar refractivity (Wildman–Crippen MR) is 109 cm³/mol. The lowest BCUT2D eigenvalue weighted by Crippen LogP contribution is -3.10. The Morgan fingerprint density at radius 1 is 1.07 bits per heavy atom. The first-order valence-corrected chi connectivity index (χ1v) is 10.4. The zero-order chi connectivity index (χ0) is 20.0. The molecule has 0 fully saturated rings. The Labute approximate surface area is 168 Å². The maximum atomic E-state index is 13.2. The van der Waals surface area contributed by atoms with Crippen LogP contribution in [0.2, 0.25) is 0 Å². The second kappa shape index (κ2) is 7.30. The lowest BCUT2D eigenvalue weighted by atomic mass is 9.95. The van der Waals surface area contributed by atoms with E-state index >= 15 is 0 Å². The minimum atomic E-state index is -0.215. The highest BCUT2D eigenvalue weighted by atomic mass is 19.1. The van der Waals surface area contributed by atoms with Crippen LogP contribution >= 0.6 is 0 Å². The van der Waals surface area contributed by atoms with Gasteiger partial charge in [0.05, 0.1) is 0 Å². The molecule has 1 atom stereocenters. The van der Waals surface area contributed by atoms with Crippen LogP contribution in [-0.4, -0.2) is 6.73 Å². The fourth-order valence-corrected chi connectivity index (χ4v) is 4.80. The third-order valence-electron chi connectivity index (χ3n) is 6.25. The van der Waals surface area contributed by atoms with Crippen molar-refractivity contribution in [2.24, 2.45) is 0 Å². The van der Waals surface area contributed by atoms with Crippen LogP contribution in [0, 0.1) is 12.7 Å². The average molecular weight is 394 g/mol. The van der Waals surface area contributed by atoms with E-state index in [9.17, 15) is 9.18 Å². The smallest absolute Gasteiger partial charge is 0.339 e. The highest BCUT2D eigenvalue weighted by molar-refractivity contribution is 5.87. The zero-order valence-electron chi connectivity index (χ0n) is 16.6. The number of aryl methyl sites for hydroxylation is 2. The fraction of sp³-hybridized carbons (Fsp3) is 0.375. The standard InChI is InChI=1S/C24H24FNO3/c1-15-22-17(13-26(14-28-22)12-16-7-9-18(25)10-8-16)11-21-19-5-3-2-4-6-20(19)24(27)29-23(15)21/h7-11H,2-6,12-14H2,1H3/p+1. The van der Waals surface area contributed by atoms with Crippen LogP contribution in [0.15, 0.2) is 39.5 Å². The van der Waals surface area contributed by atoms with Gasteiger partial charge < -0.3 is 9.15 Å². The molecule has 1 aliphatic heterocycles. The summed E-state index contributed by atoms with van der Waals surface area (Å²) in [6.07, 6.45) is 5.05. The van der Waals surface area contributed by atoms with Gasteiger partial charge in [0.2, 0.25) is 6.73 Å². The van der Waals surface area contributed by atoms with Gasteiger partial charge in [-0.2, -0.15) is 0 Å². The van der Waals surface area contributed by atoms with Crippen molar-refractivity contribution in [1.29, 1.82) is 0 Å². The number of fused-ring (bicyclic) bond motifs is 4. The fourth-order valence-electron chi connectivity index (χ4n) is 4.80. The van der Waals surface area contributed by atoms with Gasteiger partial charge in [-0.1, -0.05) is 18.6 Å². The van der Waals surface area contributed by atoms with E-state index in [1.54, 1.807) is 0 Å². The number of benzene rings is 2. The van der Waals surface area contributed by atoms with E-state index in [-0.39, 0.29) is 11.4 Å². The van der Waals surface area contributed by atoms with Crippen molar-refractivity contribution >= 4 is 11.0 Å². The third kappa shape index (κ3) is 3.33. The number of halogens is 1. The summed E-state index contributed by atoms with van der Waals surface area (Å²) in [6, 6.07) is 8.84. The molecule has 150 valence electrons. The highest BCUT2D eigenvalue weighted by Gasteiger charge is 2.27. The molecule has 2 heterocycles. The number of rotatable bonds is 2. The van der Waals surface area contributed by atoms with Crippen molar-refractivity contribution in [3.63, 3.8) is 0 Å². The largest absolute Gasteiger partial charge is 0.444 e. The Kier molecular flexibility index (Phi) is 4.63. The van der Waals surface area contributed by atoms with Gasteiger partial charge in [0, 0.05) is 27.6 Å². The van der Waals surface area contributed by atoms with E-state index < -0.39 is 0 Å². The predicted octanol–water partition coefficient (Wildman–Crippen LogP) is 3.44. The van der Waals surface area contributed by atoms with Crippen molar-refractivity contribution in [2.45, 2.75) is 52.1 Å². The first-order valence-electron chi connectivity index (χ1n) is 10.4. The molecule has 5 heteroatoms. The minimum absolute atomic E-state index is 0.183. The topological polar surface area (TPSA) is 43.9 Å². The molecule has 0 amide bonds. The number of nitrogens with one attached hydrogen (secondary N) is 1. The van der Waals surface area contributed by atoms with Crippen LogP contribution in [0.3, 0.4) is 0 Å². The van der Waals surface area contributed by atoms with E-state index in [0.717, 1.165) is 78.6 Å². The SMILES string of the molecule is Cc1c2c(cc3c4c(c(=O)oc13)CCCCC4)C[NH+](Cc1ccc(F)cc1)CO2. The third-order valence-corrected chi connectivity index (χ3v) is 6.25. The van der Waals surface area contributed by atoms with E-state index in [4.69, 9.17) is 9.15 Å². The molecule has 3 aromatic rings. The van der Waals surface area contributed by atoms with Gasteiger partial charge >= 0.3 is 5.63 Å². The monoisotopic (exact) mass is 394 g/mol. The molecule has 2 aliphatic rings. The molecule has 0 bridgehead atoms. The Balaban J connectivity index is 1.54. The highest BCUT2D eigenvalue weighted by Crippen LogP contribution is 2.35. The second-order valence-corrected chi connectivity index (χ2v) is 8.29. The molecular formula is C24H25FNO3+. The average Bonchev–Trinajstić information content (AvgIpc) is 2.98. The molecule has 0 radical (unpaired) electrons. The van der Waals surface area contributed by atoms with Crippen molar-refractivity contribution in [3.8, 4) is 5.75 Å². The Morgan fingerprint density at radius 3 is 2.62 bits per heavy atom. The van der Waals surface area contributed by atoms with Gasteiger partial charge in [-0.05, 0) is 56.4 Å². The maximum Gasteiger partial charge on any atom is 0.339 e. The van der Waals surface area contributed by atoms with E-state index in [1.807, 2.05) is 19.1 Å². The lowest BCUT2D eigenvalue weighted by molar-refractivity contribution is -0.945. The summed E-state index contributed by atoms with van der Waals surface area (Å²) in [4.78, 5) is 13.9. The maximum absolute atomic E-state index is 13.2. The van der Waals surface area contributed by atoms with Crippen LogP contribution < -0.4 is 15.3 Å². The van der Waals surface area contributed by atoms with Crippen LogP contribution in [0.1, 0.15) is 47.1 Å². The number of hydrogen-bond acceptors (Lipinski definition) is 3. The summed E-state index contributed by atoms with van der Waals surface area (Å²) in [7, 11) is 0. The Bertz CT molecular complexity index is 1130. The van der Waals surface area contributed by atoms with Crippen LogP contribution in [0.4, 0.5) is 4.39 Å². The summed E-state index contributed by atoms with van der Waals surface area (Å²) in [6.45, 7) is 4.13. The van der Waals surface area contributed by atoms with E-state index in [2.05, 4.69) is 6.07 Å². The molecule has 1 aliphatic carbocycles. The molecule has 29 heavy (non-hydrogen) atoms.